The number of aliphatic hydroxyl groups excluding tert-OH is 1. The lowest BCUT2D eigenvalue weighted by atomic mass is 9.81. The van der Waals surface area contributed by atoms with Crippen LogP contribution in [0, 0.1) is 5.92 Å². The van der Waals surface area contributed by atoms with E-state index in [1.807, 2.05) is 12.1 Å². The zero-order valence-electron chi connectivity index (χ0n) is 12.9. The summed E-state index contributed by atoms with van der Waals surface area (Å²) in [7, 11) is 1.60. The fourth-order valence-corrected chi connectivity index (χ4v) is 3.26. The fraction of sp³-hybridized carbons (Fsp3) is 0.529. The van der Waals surface area contributed by atoms with Gasteiger partial charge >= 0.3 is 0 Å². The van der Waals surface area contributed by atoms with Gasteiger partial charge in [-0.1, -0.05) is 0 Å². The predicted molar refractivity (Wildman–Crippen MR) is 85.7 cm³/mol. The molecule has 2 heterocycles. The number of nitrogens with zero attached hydrogens (tertiary/aromatic N) is 2. The average Bonchev–Trinajstić information content (AvgIpc) is 2.55. The van der Waals surface area contributed by atoms with E-state index in [2.05, 4.69) is 9.97 Å². The highest BCUT2D eigenvalue weighted by atomic mass is 16.5. The SMILES string of the molecule is COc1ccc2nccc(CC(O)C3CCC(N)CC3)c2n1. The lowest BCUT2D eigenvalue weighted by Gasteiger charge is -2.29. The van der Waals surface area contributed by atoms with Gasteiger partial charge in [0.1, 0.15) is 0 Å². The van der Waals surface area contributed by atoms with E-state index < -0.39 is 0 Å². The Balaban J connectivity index is 1.80. The van der Waals surface area contributed by atoms with Gasteiger partial charge in [-0.05, 0) is 49.3 Å². The molecule has 3 N–H and O–H groups in total. The van der Waals surface area contributed by atoms with Crippen LogP contribution in [0.3, 0.4) is 0 Å². The maximum absolute atomic E-state index is 10.6. The molecule has 118 valence electrons. The van der Waals surface area contributed by atoms with Crippen molar-refractivity contribution in [1.82, 2.24) is 9.97 Å². The third kappa shape index (κ3) is 3.20. The zero-order chi connectivity index (χ0) is 15.5. The van der Waals surface area contributed by atoms with Crippen molar-refractivity contribution >= 4 is 11.0 Å². The number of fused-ring (bicyclic) bond motifs is 1. The number of aliphatic hydroxyl groups is 1. The van der Waals surface area contributed by atoms with Crippen LogP contribution in [0.1, 0.15) is 31.2 Å². The maximum atomic E-state index is 10.6. The second kappa shape index (κ2) is 6.58. The molecule has 0 saturated heterocycles. The van der Waals surface area contributed by atoms with Gasteiger partial charge in [0.25, 0.3) is 0 Å². The number of methoxy groups -OCH3 is 1. The predicted octanol–water partition coefficient (Wildman–Crippen LogP) is 2.06. The monoisotopic (exact) mass is 301 g/mol. The first-order chi connectivity index (χ1) is 10.7. The molecule has 0 bridgehead atoms. The highest BCUT2D eigenvalue weighted by Crippen LogP contribution is 2.29. The molecule has 5 heteroatoms. The molecule has 1 saturated carbocycles. The molecule has 5 nitrogen and oxygen atoms in total. The molecule has 3 rings (SSSR count). The first-order valence-electron chi connectivity index (χ1n) is 7.89. The highest BCUT2D eigenvalue weighted by Gasteiger charge is 2.25. The van der Waals surface area contributed by atoms with Gasteiger partial charge < -0.3 is 15.6 Å². The molecule has 1 fully saturated rings. The summed E-state index contributed by atoms with van der Waals surface area (Å²) in [5.74, 6) is 0.897. The number of hydrogen-bond acceptors (Lipinski definition) is 5. The van der Waals surface area contributed by atoms with Crippen molar-refractivity contribution in [1.29, 1.82) is 0 Å². The van der Waals surface area contributed by atoms with Crippen LogP contribution in [0.2, 0.25) is 0 Å². The van der Waals surface area contributed by atoms with E-state index in [1.54, 1.807) is 19.4 Å². The minimum Gasteiger partial charge on any atom is -0.481 e. The molecule has 2 aromatic heterocycles. The Morgan fingerprint density at radius 3 is 2.77 bits per heavy atom. The van der Waals surface area contributed by atoms with E-state index in [1.165, 1.54) is 0 Å². The summed E-state index contributed by atoms with van der Waals surface area (Å²) in [6, 6.07) is 5.94. The number of nitrogens with two attached hydrogens (primary N) is 1. The molecule has 22 heavy (non-hydrogen) atoms. The molecule has 0 aromatic carbocycles. The van der Waals surface area contributed by atoms with Crippen molar-refractivity contribution < 1.29 is 9.84 Å². The Hall–Kier alpha value is -1.72. The quantitative estimate of drug-likeness (QED) is 0.903. The van der Waals surface area contributed by atoms with E-state index in [0.717, 1.165) is 42.3 Å². The minimum atomic E-state index is -0.355. The summed E-state index contributed by atoms with van der Waals surface area (Å²) in [5, 5.41) is 10.6. The average molecular weight is 301 g/mol. The van der Waals surface area contributed by atoms with Crippen LogP contribution in [0.25, 0.3) is 11.0 Å². The normalized spacial score (nSPS) is 23.4. The maximum Gasteiger partial charge on any atom is 0.213 e. The Morgan fingerprint density at radius 2 is 2.05 bits per heavy atom. The van der Waals surface area contributed by atoms with Crippen LogP contribution in [-0.2, 0) is 6.42 Å². The first kappa shape index (κ1) is 15.2. The van der Waals surface area contributed by atoms with E-state index in [0.29, 0.717) is 24.3 Å². The lowest BCUT2D eigenvalue weighted by Crippen LogP contribution is -2.32. The van der Waals surface area contributed by atoms with Crippen molar-refractivity contribution in [2.75, 3.05) is 7.11 Å². The molecular formula is C17H23N3O2. The smallest absolute Gasteiger partial charge is 0.213 e. The highest BCUT2D eigenvalue weighted by molar-refractivity contribution is 5.78. The summed E-state index contributed by atoms with van der Waals surface area (Å²) < 4.78 is 5.20. The second-order valence-corrected chi connectivity index (χ2v) is 6.14. The van der Waals surface area contributed by atoms with E-state index >= 15 is 0 Å². The summed E-state index contributed by atoms with van der Waals surface area (Å²) in [6.45, 7) is 0. The number of hydrogen-bond donors (Lipinski definition) is 2. The molecule has 0 radical (unpaired) electrons. The van der Waals surface area contributed by atoms with E-state index in [-0.39, 0.29) is 6.10 Å². The molecule has 0 amide bonds. The van der Waals surface area contributed by atoms with Crippen molar-refractivity contribution in [3.63, 3.8) is 0 Å². The molecular weight excluding hydrogens is 278 g/mol. The van der Waals surface area contributed by atoms with Crippen LogP contribution in [-0.4, -0.2) is 34.3 Å². The Morgan fingerprint density at radius 1 is 1.27 bits per heavy atom. The molecule has 0 spiro atoms. The molecule has 0 aliphatic heterocycles. The minimum absolute atomic E-state index is 0.302. The van der Waals surface area contributed by atoms with Gasteiger partial charge in [-0.25, -0.2) is 4.98 Å². The zero-order valence-corrected chi connectivity index (χ0v) is 12.9. The first-order valence-corrected chi connectivity index (χ1v) is 7.89. The van der Waals surface area contributed by atoms with E-state index in [4.69, 9.17) is 10.5 Å². The Bertz CT molecular complexity index is 639. The topological polar surface area (TPSA) is 81.3 Å². The largest absolute Gasteiger partial charge is 0.481 e. The van der Waals surface area contributed by atoms with Crippen LogP contribution in [0.5, 0.6) is 5.88 Å². The van der Waals surface area contributed by atoms with Crippen LogP contribution >= 0.6 is 0 Å². The van der Waals surface area contributed by atoms with Crippen LogP contribution < -0.4 is 10.5 Å². The summed E-state index contributed by atoms with van der Waals surface area (Å²) in [5.41, 5.74) is 8.61. The Labute approximate surface area is 130 Å². The number of ether oxygens (including phenoxy) is 1. The van der Waals surface area contributed by atoms with Crippen molar-refractivity contribution in [3.05, 3.63) is 30.0 Å². The lowest BCUT2D eigenvalue weighted by molar-refractivity contribution is 0.0819. The molecule has 2 aromatic rings. The van der Waals surface area contributed by atoms with E-state index in [9.17, 15) is 5.11 Å². The van der Waals surface area contributed by atoms with Crippen molar-refractivity contribution in [3.8, 4) is 5.88 Å². The van der Waals surface area contributed by atoms with Gasteiger partial charge in [-0.3, -0.25) is 4.98 Å². The third-order valence-electron chi connectivity index (χ3n) is 4.64. The van der Waals surface area contributed by atoms with Gasteiger partial charge in [0.05, 0.1) is 24.2 Å². The van der Waals surface area contributed by atoms with Crippen molar-refractivity contribution in [2.45, 2.75) is 44.2 Å². The number of rotatable bonds is 4. The van der Waals surface area contributed by atoms with Gasteiger partial charge in [0.2, 0.25) is 5.88 Å². The molecule has 1 aliphatic carbocycles. The summed E-state index contributed by atoms with van der Waals surface area (Å²) in [6.07, 6.45) is 6.03. The van der Waals surface area contributed by atoms with Gasteiger partial charge in [-0.2, -0.15) is 0 Å². The van der Waals surface area contributed by atoms with Crippen LogP contribution in [0.15, 0.2) is 24.4 Å². The van der Waals surface area contributed by atoms with Crippen LogP contribution in [0.4, 0.5) is 0 Å². The summed E-state index contributed by atoms with van der Waals surface area (Å²) in [4.78, 5) is 8.82. The standard InChI is InChI=1S/C17H23N3O2/c1-22-16-7-6-14-17(20-16)12(8-9-19-14)10-15(21)11-2-4-13(18)5-3-11/h6-9,11,13,15,21H,2-5,10,18H2,1H3. The number of aromatic nitrogens is 2. The van der Waals surface area contributed by atoms with Gasteiger partial charge in [0.15, 0.2) is 0 Å². The Kier molecular flexibility index (Phi) is 4.55. The fourth-order valence-electron chi connectivity index (χ4n) is 3.26. The third-order valence-corrected chi connectivity index (χ3v) is 4.64. The molecule has 1 atom stereocenters. The second-order valence-electron chi connectivity index (χ2n) is 6.14. The summed E-state index contributed by atoms with van der Waals surface area (Å²) >= 11 is 0. The number of pyridine rings is 2. The van der Waals surface area contributed by atoms with Crippen molar-refractivity contribution in [2.24, 2.45) is 11.7 Å². The van der Waals surface area contributed by atoms with Gasteiger partial charge in [0, 0.05) is 24.7 Å². The molecule has 1 unspecified atom stereocenters. The molecule has 1 aliphatic rings. The van der Waals surface area contributed by atoms with Gasteiger partial charge in [-0.15, -0.1) is 0 Å².